The Labute approximate surface area is 200 Å². The molecule has 1 aliphatic carbocycles. The number of nitriles is 1. The summed E-state index contributed by atoms with van der Waals surface area (Å²) in [6, 6.07) is 11.5. The number of nitrogens with zero attached hydrogens (tertiary/aromatic N) is 2. The van der Waals surface area contributed by atoms with E-state index >= 15 is 0 Å². The molecule has 9 heteroatoms. The second-order valence-corrected chi connectivity index (χ2v) is 11.8. The van der Waals surface area contributed by atoms with E-state index in [9.17, 15) is 14.9 Å². The second kappa shape index (κ2) is 9.20. The highest BCUT2D eigenvalue weighted by atomic mass is 32.2. The molecule has 1 amide bonds. The summed E-state index contributed by atoms with van der Waals surface area (Å²) >= 11 is 2.62. The largest absolute Gasteiger partial charge is 0.442 e. The van der Waals surface area contributed by atoms with Gasteiger partial charge in [-0.25, -0.2) is 4.79 Å². The standard InChI is InChI=1S/C24H26N4O3S2/c1-14(32-22-23(30)31-27-28(22)16-8-6-5-7-9-16)20(29)26-21-18(13-25)17-11-10-15(24(2,3)4)12-19(17)33-21/h5-9,14-15H,10-12H2,1-4H3,(H-,26,27,29,30)/p+1. The quantitative estimate of drug-likeness (QED) is 0.412. The van der Waals surface area contributed by atoms with Gasteiger partial charge in [0.2, 0.25) is 11.6 Å². The van der Waals surface area contributed by atoms with Gasteiger partial charge < -0.3 is 5.32 Å². The Morgan fingerprint density at radius 2 is 2.09 bits per heavy atom. The van der Waals surface area contributed by atoms with Crippen molar-refractivity contribution >= 4 is 34.0 Å². The number of hydrogen-bond acceptors (Lipinski definition) is 6. The average Bonchev–Trinajstić information content (AvgIpc) is 3.32. The SMILES string of the molecule is CC(Sc1c(=O)o[nH][n+]1-c1ccccc1)C(=O)Nc1sc2c(c1C#N)CCC(C(C)(C)C)C2. The van der Waals surface area contributed by atoms with E-state index in [-0.39, 0.29) is 16.3 Å². The van der Waals surface area contributed by atoms with Crippen molar-refractivity contribution in [3.63, 3.8) is 0 Å². The average molecular weight is 484 g/mol. The zero-order valence-corrected chi connectivity index (χ0v) is 20.7. The molecule has 0 spiro atoms. The molecule has 2 N–H and O–H groups in total. The van der Waals surface area contributed by atoms with Gasteiger partial charge in [0.15, 0.2) is 0 Å². The summed E-state index contributed by atoms with van der Waals surface area (Å²) < 4.78 is 6.49. The Morgan fingerprint density at radius 3 is 2.76 bits per heavy atom. The molecule has 33 heavy (non-hydrogen) atoms. The number of para-hydroxylation sites is 1. The van der Waals surface area contributed by atoms with Crippen LogP contribution >= 0.6 is 23.1 Å². The van der Waals surface area contributed by atoms with E-state index in [4.69, 9.17) is 4.52 Å². The van der Waals surface area contributed by atoms with Crippen LogP contribution in [0, 0.1) is 22.7 Å². The first kappa shape index (κ1) is 23.3. The van der Waals surface area contributed by atoms with Crippen molar-refractivity contribution in [2.75, 3.05) is 5.32 Å². The third kappa shape index (κ3) is 4.77. The van der Waals surface area contributed by atoms with Crippen LogP contribution in [-0.4, -0.2) is 16.4 Å². The van der Waals surface area contributed by atoms with Crippen molar-refractivity contribution in [3.8, 4) is 11.8 Å². The van der Waals surface area contributed by atoms with Gasteiger partial charge in [-0.3, -0.25) is 9.32 Å². The fourth-order valence-corrected chi connectivity index (χ4v) is 6.24. The number of hydrogen-bond donors (Lipinski definition) is 2. The van der Waals surface area contributed by atoms with Gasteiger partial charge in [0, 0.05) is 17.0 Å². The number of anilines is 1. The van der Waals surface area contributed by atoms with Crippen LogP contribution in [-0.2, 0) is 17.6 Å². The number of aromatic nitrogens is 2. The molecule has 7 nitrogen and oxygen atoms in total. The van der Waals surface area contributed by atoms with Gasteiger partial charge in [0.05, 0.1) is 10.8 Å². The summed E-state index contributed by atoms with van der Waals surface area (Å²) in [5, 5.41) is 15.6. The molecule has 0 saturated heterocycles. The number of rotatable bonds is 5. The summed E-state index contributed by atoms with van der Waals surface area (Å²) in [5.74, 6) is 0.289. The monoisotopic (exact) mass is 483 g/mol. The van der Waals surface area contributed by atoms with Crippen molar-refractivity contribution in [2.45, 2.75) is 57.2 Å². The highest BCUT2D eigenvalue weighted by molar-refractivity contribution is 8.00. The lowest BCUT2D eigenvalue weighted by Crippen LogP contribution is -2.37. The van der Waals surface area contributed by atoms with Crippen molar-refractivity contribution in [1.29, 1.82) is 5.26 Å². The van der Waals surface area contributed by atoms with Crippen LogP contribution in [0.1, 0.15) is 50.1 Å². The van der Waals surface area contributed by atoms with Gasteiger partial charge in [-0.1, -0.05) is 39.0 Å². The maximum absolute atomic E-state index is 13.0. The Hall–Kier alpha value is -2.83. The zero-order valence-electron chi connectivity index (χ0n) is 19.1. The molecule has 172 valence electrons. The number of thioether (sulfide) groups is 1. The van der Waals surface area contributed by atoms with E-state index < -0.39 is 10.9 Å². The first-order valence-corrected chi connectivity index (χ1v) is 12.6. The van der Waals surface area contributed by atoms with E-state index in [0.717, 1.165) is 42.3 Å². The minimum absolute atomic E-state index is 0.203. The molecule has 1 aliphatic rings. The van der Waals surface area contributed by atoms with Crippen LogP contribution in [0.4, 0.5) is 5.00 Å². The fraction of sp³-hybridized carbons (Fsp3) is 0.417. The third-order valence-corrected chi connectivity index (χ3v) is 8.43. The molecule has 3 aromatic rings. The summed E-state index contributed by atoms with van der Waals surface area (Å²) in [7, 11) is 0. The highest BCUT2D eigenvalue weighted by Crippen LogP contribution is 2.44. The molecular weight excluding hydrogens is 456 g/mol. The topological polar surface area (TPSA) is 103 Å². The van der Waals surface area contributed by atoms with Crippen molar-refractivity contribution in [3.05, 3.63) is 56.8 Å². The Bertz CT molecular complexity index is 1260. The summed E-state index contributed by atoms with van der Waals surface area (Å²) in [4.78, 5) is 26.5. The van der Waals surface area contributed by atoms with Crippen LogP contribution in [0.2, 0.25) is 0 Å². The molecule has 0 aliphatic heterocycles. The smallest absolute Gasteiger partial charge is 0.316 e. The summed E-state index contributed by atoms with van der Waals surface area (Å²) in [6.07, 6.45) is 2.84. The van der Waals surface area contributed by atoms with Gasteiger partial charge in [-0.05, 0) is 64.8 Å². The number of fused-ring (bicyclic) bond motifs is 1. The molecule has 2 aromatic heterocycles. The Balaban J connectivity index is 1.52. The third-order valence-electron chi connectivity index (χ3n) is 6.12. The van der Waals surface area contributed by atoms with Crippen LogP contribution in [0.5, 0.6) is 0 Å². The van der Waals surface area contributed by atoms with E-state index in [2.05, 4.69) is 37.4 Å². The van der Waals surface area contributed by atoms with E-state index in [1.54, 1.807) is 6.92 Å². The highest BCUT2D eigenvalue weighted by Gasteiger charge is 2.33. The molecule has 0 bridgehead atoms. The number of benzene rings is 1. The second-order valence-electron chi connectivity index (χ2n) is 9.33. The first-order valence-electron chi connectivity index (χ1n) is 10.9. The van der Waals surface area contributed by atoms with E-state index in [1.807, 2.05) is 30.3 Å². The van der Waals surface area contributed by atoms with Gasteiger partial charge in [0.25, 0.3) is 0 Å². The number of nitrogens with one attached hydrogen (secondary N) is 2. The predicted molar refractivity (Wildman–Crippen MR) is 129 cm³/mol. The lowest BCUT2D eigenvalue weighted by Gasteiger charge is -2.33. The number of aromatic amines is 1. The van der Waals surface area contributed by atoms with Crippen LogP contribution in [0.3, 0.4) is 0 Å². The molecular formula is C24H27N4O3S2+. The lowest BCUT2D eigenvalue weighted by atomic mass is 9.72. The van der Waals surface area contributed by atoms with Gasteiger partial charge in [-0.2, -0.15) is 5.26 Å². The number of H-pyrrole nitrogens is 1. The van der Waals surface area contributed by atoms with Gasteiger partial charge in [0.1, 0.15) is 11.1 Å². The summed E-state index contributed by atoms with van der Waals surface area (Å²) in [5.41, 5.74) is 2.04. The molecule has 2 atom stereocenters. The molecule has 0 saturated carbocycles. The van der Waals surface area contributed by atoms with Crippen molar-refractivity contribution < 1.29 is 14.0 Å². The molecule has 0 radical (unpaired) electrons. The fourth-order valence-electron chi connectivity index (χ4n) is 4.08. The van der Waals surface area contributed by atoms with E-state index in [0.29, 0.717) is 16.5 Å². The maximum Gasteiger partial charge on any atom is 0.442 e. The maximum atomic E-state index is 13.0. The van der Waals surface area contributed by atoms with E-state index in [1.165, 1.54) is 20.9 Å². The first-order chi connectivity index (χ1) is 15.7. The number of amides is 1. The number of carbonyl (C=O) groups excluding carboxylic acids is 1. The van der Waals surface area contributed by atoms with Crippen molar-refractivity contribution in [1.82, 2.24) is 5.27 Å². The van der Waals surface area contributed by atoms with Crippen LogP contribution in [0.15, 0.2) is 44.7 Å². The minimum Gasteiger partial charge on any atom is -0.316 e. The molecule has 4 rings (SSSR count). The zero-order chi connectivity index (χ0) is 23.8. The molecule has 2 heterocycles. The molecule has 1 aromatic carbocycles. The normalized spacial score (nSPS) is 16.6. The van der Waals surface area contributed by atoms with Gasteiger partial charge in [-0.15, -0.1) is 11.3 Å². The van der Waals surface area contributed by atoms with Crippen LogP contribution < -0.4 is 15.6 Å². The Morgan fingerprint density at radius 1 is 1.36 bits per heavy atom. The van der Waals surface area contributed by atoms with Gasteiger partial charge >= 0.3 is 10.7 Å². The molecule has 0 fully saturated rings. The minimum atomic E-state index is -0.577. The van der Waals surface area contributed by atoms with Crippen LogP contribution in [0.25, 0.3) is 5.69 Å². The Kier molecular flexibility index (Phi) is 6.50. The number of thiophene rings is 1. The van der Waals surface area contributed by atoms with Crippen molar-refractivity contribution in [2.24, 2.45) is 11.3 Å². The predicted octanol–water partition coefficient (Wildman–Crippen LogP) is 4.45. The lowest BCUT2D eigenvalue weighted by molar-refractivity contribution is -0.704. The molecule has 2 unspecified atom stereocenters. The number of carbonyl (C=O) groups is 1. The summed E-state index contributed by atoms with van der Waals surface area (Å²) in [6.45, 7) is 8.49.